The predicted molar refractivity (Wildman–Crippen MR) is 42.6 cm³/mol. The SMILES string of the molecule is Cc1cc(NC(=O)C(F)F)n(C)n1. The number of nitrogens with one attached hydrogen (secondary N) is 1. The van der Waals surface area contributed by atoms with Crippen LogP contribution >= 0.6 is 0 Å². The molecule has 0 aromatic carbocycles. The topological polar surface area (TPSA) is 46.9 Å². The highest BCUT2D eigenvalue weighted by Crippen LogP contribution is 2.08. The molecule has 0 atom stereocenters. The molecule has 1 amide bonds. The van der Waals surface area contributed by atoms with Gasteiger partial charge in [-0.05, 0) is 6.92 Å². The zero-order valence-corrected chi connectivity index (χ0v) is 7.21. The number of amides is 1. The first-order chi connectivity index (χ1) is 6.00. The maximum Gasteiger partial charge on any atom is 0.315 e. The summed E-state index contributed by atoms with van der Waals surface area (Å²) in [6.07, 6.45) is -3.00. The van der Waals surface area contributed by atoms with E-state index in [0.29, 0.717) is 5.69 Å². The van der Waals surface area contributed by atoms with Crippen molar-refractivity contribution in [2.75, 3.05) is 5.32 Å². The van der Waals surface area contributed by atoms with Crippen LogP contribution in [0.2, 0.25) is 0 Å². The fourth-order valence-corrected chi connectivity index (χ4v) is 0.908. The highest BCUT2D eigenvalue weighted by atomic mass is 19.3. The van der Waals surface area contributed by atoms with Gasteiger partial charge in [-0.1, -0.05) is 0 Å². The lowest BCUT2D eigenvalue weighted by atomic mass is 10.4. The maximum atomic E-state index is 11.8. The van der Waals surface area contributed by atoms with Crippen molar-refractivity contribution in [3.63, 3.8) is 0 Å². The Morgan fingerprint density at radius 1 is 1.69 bits per heavy atom. The predicted octanol–water partition coefficient (Wildman–Crippen LogP) is 0.932. The molecule has 0 fully saturated rings. The summed E-state index contributed by atoms with van der Waals surface area (Å²) in [5, 5.41) is 5.92. The molecule has 0 saturated heterocycles. The number of carbonyl (C=O) groups is 1. The van der Waals surface area contributed by atoms with Crippen molar-refractivity contribution in [1.29, 1.82) is 0 Å². The van der Waals surface area contributed by atoms with Gasteiger partial charge < -0.3 is 5.32 Å². The molecule has 0 unspecified atom stereocenters. The van der Waals surface area contributed by atoms with Crippen molar-refractivity contribution < 1.29 is 13.6 Å². The molecule has 0 aliphatic rings. The molecule has 0 saturated carbocycles. The minimum Gasteiger partial charge on any atom is -0.306 e. The number of hydrogen-bond acceptors (Lipinski definition) is 2. The normalized spacial score (nSPS) is 10.5. The Kier molecular flexibility index (Phi) is 2.60. The van der Waals surface area contributed by atoms with Gasteiger partial charge >= 0.3 is 6.43 Å². The summed E-state index contributed by atoms with van der Waals surface area (Å²) in [6.45, 7) is 1.71. The number of halogens is 2. The van der Waals surface area contributed by atoms with Crippen LogP contribution in [0.5, 0.6) is 0 Å². The van der Waals surface area contributed by atoms with Gasteiger partial charge in [-0.2, -0.15) is 13.9 Å². The van der Waals surface area contributed by atoms with Gasteiger partial charge in [0.2, 0.25) is 0 Å². The monoisotopic (exact) mass is 189 g/mol. The summed E-state index contributed by atoms with van der Waals surface area (Å²) in [5.74, 6) is -1.05. The number of alkyl halides is 2. The summed E-state index contributed by atoms with van der Waals surface area (Å²) < 4.78 is 25.0. The van der Waals surface area contributed by atoms with E-state index in [1.807, 2.05) is 5.32 Å². The second kappa shape index (κ2) is 3.51. The van der Waals surface area contributed by atoms with Crippen molar-refractivity contribution in [3.8, 4) is 0 Å². The summed E-state index contributed by atoms with van der Waals surface area (Å²) in [6, 6.07) is 1.51. The van der Waals surface area contributed by atoms with Crippen molar-refractivity contribution in [3.05, 3.63) is 11.8 Å². The standard InChI is InChI=1S/C7H9F2N3O/c1-4-3-5(12(2)11-4)10-7(13)6(8)9/h3,6H,1-2H3,(H,10,13). The number of carbonyl (C=O) groups excluding carboxylic acids is 1. The molecular formula is C7H9F2N3O. The van der Waals surface area contributed by atoms with Gasteiger partial charge in [-0.15, -0.1) is 0 Å². The molecule has 1 heterocycles. The fraction of sp³-hybridized carbons (Fsp3) is 0.429. The van der Waals surface area contributed by atoms with E-state index in [9.17, 15) is 13.6 Å². The van der Waals surface area contributed by atoms with Gasteiger partial charge in [-0.3, -0.25) is 9.48 Å². The summed E-state index contributed by atoms with van der Waals surface area (Å²) >= 11 is 0. The van der Waals surface area contributed by atoms with Gasteiger partial charge in [0.15, 0.2) is 0 Å². The molecule has 13 heavy (non-hydrogen) atoms. The van der Waals surface area contributed by atoms with E-state index in [0.717, 1.165) is 0 Å². The minimum absolute atomic E-state index is 0.266. The van der Waals surface area contributed by atoms with Gasteiger partial charge in [0, 0.05) is 13.1 Å². The van der Waals surface area contributed by atoms with E-state index in [4.69, 9.17) is 0 Å². The molecule has 0 aliphatic heterocycles. The van der Waals surface area contributed by atoms with Gasteiger partial charge in [0.25, 0.3) is 5.91 Å². The molecule has 0 bridgehead atoms. The Hall–Kier alpha value is -1.46. The van der Waals surface area contributed by atoms with Gasteiger partial charge in [0.05, 0.1) is 5.69 Å². The number of hydrogen-bond donors (Lipinski definition) is 1. The number of rotatable bonds is 2. The molecule has 1 rings (SSSR count). The summed E-state index contributed by atoms with van der Waals surface area (Å²) in [5.41, 5.74) is 0.659. The molecular weight excluding hydrogens is 180 g/mol. The Balaban J connectivity index is 2.74. The number of nitrogens with zero attached hydrogens (tertiary/aromatic N) is 2. The third kappa shape index (κ3) is 2.24. The van der Waals surface area contributed by atoms with Crippen LogP contribution in [0.4, 0.5) is 14.6 Å². The highest BCUT2D eigenvalue weighted by Gasteiger charge is 2.16. The highest BCUT2D eigenvalue weighted by molar-refractivity contribution is 5.92. The van der Waals surface area contributed by atoms with Crippen LogP contribution in [0.25, 0.3) is 0 Å². The van der Waals surface area contributed by atoms with Crippen molar-refractivity contribution in [2.24, 2.45) is 7.05 Å². The van der Waals surface area contributed by atoms with Crippen LogP contribution in [0.3, 0.4) is 0 Å². The Bertz CT molecular complexity index is 322. The van der Waals surface area contributed by atoms with E-state index in [-0.39, 0.29) is 5.82 Å². The van der Waals surface area contributed by atoms with Crippen molar-refractivity contribution in [2.45, 2.75) is 13.3 Å². The number of anilines is 1. The molecule has 1 N–H and O–H groups in total. The van der Waals surface area contributed by atoms with E-state index >= 15 is 0 Å². The van der Waals surface area contributed by atoms with E-state index in [1.54, 1.807) is 14.0 Å². The molecule has 1 aromatic heterocycles. The molecule has 0 radical (unpaired) electrons. The van der Waals surface area contributed by atoms with E-state index in [2.05, 4.69) is 5.10 Å². The minimum atomic E-state index is -3.00. The average molecular weight is 189 g/mol. The Morgan fingerprint density at radius 3 is 2.69 bits per heavy atom. The molecule has 72 valence electrons. The Morgan fingerprint density at radius 2 is 2.31 bits per heavy atom. The number of aryl methyl sites for hydroxylation is 2. The van der Waals surface area contributed by atoms with Crippen LogP contribution in [-0.2, 0) is 11.8 Å². The lowest BCUT2D eigenvalue weighted by Crippen LogP contribution is -2.21. The third-order valence-corrected chi connectivity index (χ3v) is 1.45. The van der Waals surface area contributed by atoms with E-state index < -0.39 is 12.3 Å². The Labute approximate surface area is 73.5 Å². The van der Waals surface area contributed by atoms with Crippen LogP contribution in [0.15, 0.2) is 6.07 Å². The molecule has 6 heteroatoms. The van der Waals surface area contributed by atoms with Crippen LogP contribution in [0.1, 0.15) is 5.69 Å². The van der Waals surface area contributed by atoms with Crippen LogP contribution < -0.4 is 5.32 Å². The first-order valence-electron chi connectivity index (χ1n) is 3.60. The van der Waals surface area contributed by atoms with Crippen LogP contribution in [-0.4, -0.2) is 22.1 Å². The quantitative estimate of drug-likeness (QED) is 0.752. The smallest absolute Gasteiger partial charge is 0.306 e. The lowest BCUT2D eigenvalue weighted by molar-refractivity contribution is -0.126. The van der Waals surface area contributed by atoms with E-state index in [1.165, 1.54) is 10.7 Å². The second-order valence-corrected chi connectivity index (χ2v) is 2.58. The first-order valence-corrected chi connectivity index (χ1v) is 3.60. The average Bonchev–Trinajstić information content (AvgIpc) is 2.30. The third-order valence-electron chi connectivity index (χ3n) is 1.45. The fourth-order valence-electron chi connectivity index (χ4n) is 0.908. The first kappa shape index (κ1) is 9.63. The summed E-state index contributed by atoms with van der Waals surface area (Å²) in [7, 11) is 1.56. The number of aromatic nitrogens is 2. The molecule has 0 aliphatic carbocycles. The maximum absolute atomic E-state index is 11.8. The van der Waals surface area contributed by atoms with Crippen molar-refractivity contribution in [1.82, 2.24) is 9.78 Å². The largest absolute Gasteiger partial charge is 0.315 e. The zero-order valence-electron chi connectivity index (χ0n) is 7.21. The van der Waals surface area contributed by atoms with Crippen LogP contribution in [0, 0.1) is 6.92 Å². The molecule has 4 nitrogen and oxygen atoms in total. The summed E-state index contributed by atoms with van der Waals surface area (Å²) in [4.78, 5) is 10.6. The molecule has 1 aromatic rings. The van der Waals surface area contributed by atoms with Gasteiger partial charge in [-0.25, -0.2) is 0 Å². The molecule has 0 spiro atoms. The van der Waals surface area contributed by atoms with Gasteiger partial charge in [0.1, 0.15) is 5.82 Å². The second-order valence-electron chi connectivity index (χ2n) is 2.58. The lowest BCUT2D eigenvalue weighted by Gasteiger charge is -2.02. The zero-order chi connectivity index (χ0) is 10.0. The van der Waals surface area contributed by atoms with Crippen molar-refractivity contribution >= 4 is 11.7 Å².